The van der Waals surface area contributed by atoms with Crippen molar-refractivity contribution < 1.29 is 0 Å². The molecule has 1 aromatic carbocycles. The molecular weight excluding hydrogens is 372 g/mol. The number of guanidine groups is 1. The van der Waals surface area contributed by atoms with Gasteiger partial charge in [0, 0.05) is 38.6 Å². The number of aliphatic imine (C=N–C) groups is 1. The van der Waals surface area contributed by atoms with Gasteiger partial charge in [-0.1, -0.05) is 57.0 Å². The molecule has 1 aromatic heterocycles. The predicted molar refractivity (Wildman–Crippen MR) is 125 cm³/mol. The third kappa shape index (κ3) is 6.59. The lowest BCUT2D eigenvalue weighted by Crippen LogP contribution is -2.49. The normalized spacial score (nSPS) is 17.0. The van der Waals surface area contributed by atoms with E-state index in [4.69, 9.17) is 0 Å². The largest absolute Gasteiger partial charge is 0.355 e. The first-order chi connectivity index (χ1) is 14.7. The highest BCUT2D eigenvalue weighted by atomic mass is 15.2. The standard InChI is InChI=1S/C24H38N6/c1-20(2)22(29-14-9-4-5-10-15-29)17-27-24(25-3)28-18-23-26-13-16-30(23)19-21-11-7-6-8-12-21/h6-8,11-13,16,20,22H,4-5,9-10,14-15,17-19H2,1-3H3,(H2,25,27,28). The van der Waals surface area contributed by atoms with Crippen molar-refractivity contribution in [3.63, 3.8) is 0 Å². The summed E-state index contributed by atoms with van der Waals surface area (Å²) in [5.41, 5.74) is 1.27. The number of hydrogen-bond acceptors (Lipinski definition) is 3. The second kappa shape index (κ2) is 11.7. The van der Waals surface area contributed by atoms with Crippen LogP contribution in [0.4, 0.5) is 0 Å². The SMILES string of the molecule is CN=C(NCc1nccn1Cc1ccccc1)NCC(C(C)C)N1CCCCCC1. The Kier molecular flexibility index (Phi) is 8.75. The van der Waals surface area contributed by atoms with Crippen molar-refractivity contribution >= 4 is 5.96 Å². The maximum atomic E-state index is 4.54. The molecule has 6 heteroatoms. The Bertz CT molecular complexity index is 759. The van der Waals surface area contributed by atoms with Gasteiger partial charge < -0.3 is 15.2 Å². The van der Waals surface area contributed by atoms with Crippen LogP contribution < -0.4 is 10.6 Å². The molecule has 1 saturated heterocycles. The zero-order valence-corrected chi connectivity index (χ0v) is 18.8. The van der Waals surface area contributed by atoms with Crippen LogP contribution >= 0.6 is 0 Å². The number of nitrogens with zero attached hydrogens (tertiary/aromatic N) is 4. The molecule has 1 aliphatic rings. The lowest BCUT2D eigenvalue weighted by Gasteiger charge is -2.34. The van der Waals surface area contributed by atoms with Crippen LogP contribution in [0.25, 0.3) is 0 Å². The van der Waals surface area contributed by atoms with E-state index in [0.29, 0.717) is 18.5 Å². The van der Waals surface area contributed by atoms with Crippen molar-refractivity contribution in [2.75, 3.05) is 26.7 Å². The van der Waals surface area contributed by atoms with Crippen LogP contribution in [0, 0.1) is 5.92 Å². The summed E-state index contributed by atoms with van der Waals surface area (Å²) in [4.78, 5) is 11.6. The second-order valence-electron chi connectivity index (χ2n) is 8.53. The summed E-state index contributed by atoms with van der Waals surface area (Å²) >= 11 is 0. The van der Waals surface area contributed by atoms with Crippen molar-refractivity contribution in [3.05, 3.63) is 54.1 Å². The molecule has 2 aromatic rings. The smallest absolute Gasteiger partial charge is 0.191 e. The van der Waals surface area contributed by atoms with Gasteiger partial charge in [0.2, 0.25) is 0 Å². The molecule has 0 bridgehead atoms. The first kappa shape index (κ1) is 22.3. The molecule has 0 aliphatic carbocycles. The summed E-state index contributed by atoms with van der Waals surface area (Å²) in [6, 6.07) is 11.0. The molecule has 3 rings (SSSR count). The molecule has 1 unspecified atom stereocenters. The Balaban J connectivity index is 1.53. The number of rotatable bonds is 8. The summed E-state index contributed by atoms with van der Waals surface area (Å²) in [7, 11) is 1.84. The molecule has 0 spiro atoms. The molecule has 0 amide bonds. The van der Waals surface area contributed by atoms with Crippen LogP contribution in [0.1, 0.15) is 50.9 Å². The molecule has 0 radical (unpaired) electrons. The lowest BCUT2D eigenvalue weighted by molar-refractivity contribution is 0.161. The Morgan fingerprint density at radius 1 is 1.07 bits per heavy atom. The van der Waals surface area contributed by atoms with Gasteiger partial charge in [-0.05, 0) is 37.4 Å². The number of imidazole rings is 1. The zero-order valence-electron chi connectivity index (χ0n) is 18.8. The quantitative estimate of drug-likeness (QED) is 0.517. The number of nitrogens with one attached hydrogen (secondary N) is 2. The zero-order chi connectivity index (χ0) is 21.2. The maximum Gasteiger partial charge on any atom is 0.191 e. The molecule has 164 valence electrons. The Labute approximate surface area is 181 Å². The monoisotopic (exact) mass is 410 g/mol. The number of likely N-dealkylation sites (tertiary alicyclic amines) is 1. The molecular formula is C24H38N6. The third-order valence-corrected chi connectivity index (χ3v) is 5.99. The van der Waals surface area contributed by atoms with E-state index in [1.807, 2.05) is 25.5 Å². The second-order valence-corrected chi connectivity index (χ2v) is 8.53. The van der Waals surface area contributed by atoms with Gasteiger partial charge in [0.1, 0.15) is 5.82 Å². The van der Waals surface area contributed by atoms with E-state index in [-0.39, 0.29) is 0 Å². The van der Waals surface area contributed by atoms with E-state index in [2.05, 4.69) is 68.2 Å². The van der Waals surface area contributed by atoms with Gasteiger partial charge in [-0.3, -0.25) is 9.89 Å². The van der Waals surface area contributed by atoms with E-state index >= 15 is 0 Å². The molecule has 0 saturated carbocycles. The Morgan fingerprint density at radius 2 is 1.80 bits per heavy atom. The molecule has 2 heterocycles. The highest BCUT2D eigenvalue weighted by molar-refractivity contribution is 5.79. The van der Waals surface area contributed by atoms with Gasteiger partial charge in [0.25, 0.3) is 0 Å². The van der Waals surface area contributed by atoms with Crippen LogP contribution in [-0.4, -0.2) is 53.1 Å². The van der Waals surface area contributed by atoms with Gasteiger partial charge in [0.15, 0.2) is 5.96 Å². The first-order valence-corrected chi connectivity index (χ1v) is 11.4. The van der Waals surface area contributed by atoms with Crippen LogP contribution in [0.2, 0.25) is 0 Å². The number of hydrogen-bond donors (Lipinski definition) is 2. The van der Waals surface area contributed by atoms with Gasteiger partial charge in [0.05, 0.1) is 6.54 Å². The van der Waals surface area contributed by atoms with Crippen molar-refractivity contribution in [1.82, 2.24) is 25.1 Å². The summed E-state index contributed by atoms with van der Waals surface area (Å²) in [6.07, 6.45) is 9.28. The topological polar surface area (TPSA) is 57.5 Å². The van der Waals surface area contributed by atoms with E-state index in [9.17, 15) is 0 Å². The number of aromatic nitrogens is 2. The fourth-order valence-corrected chi connectivity index (χ4v) is 4.23. The van der Waals surface area contributed by atoms with Crippen LogP contribution in [0.15, 0.2) is 47.7 Å². The van der Waals surface area contributed by atoms with Crippen LogP contribution in [-0.2, 0) is 13.1 Å². The van der Waals surface area contributed by atoms with Crippen molar-refractivity contribution in [3.8, 4) is 0 Å². The van der Waals surface area contributed by atoms with E-state index in [1.54, 1.807) is 0 Å². The molecule has 1 atom stereocenters. The molecule has 30 heavy (non-hydrogen) atoms. The van der Waals surface area contributed by atoms with E-state index < -0.39 is 0 Å². The fourth-order valence-electron chi connectivity index (χ4n) is 4.23. The summed E-state index contributed by atoms with van der Waals surface area (Å²) < 4.78 is 2.18. The maximum absolute atomic E-state index is 4.54. The highest BCUT2D eigenvalue weighted by Gasteiger charge is 2.22. The summed E-state index contributed by atoms with van der Waals surface area (Å²) in [5, 5.41) is 7.00. The van der Waals surface area contributed by atoms with E-state index in [1.165, 1.54) is 44.3 Å². The summed E-state index contributed by atoms with van der Waals surface area (Å²) in [5.74, 6) is 2.46. The summed E-state index contributed by atoms with van der Waals surface area (Å²) in [6.45, 7) is 9.47. The van der Waals surface area contributed by atoms with E-state index in [0.717, 1.165) is 24.9 Å². The number of benzene rings is 1. The molecule has 2 N–H and O–H groups in total. The minimum Gasteiger partial charge on any atom is -0.355 e. The highest BCUT2D eigenvalue weighted by Crippen LogP contribution is 2.17. The van der Waals surface area contributed by atoms with Gasteiger partial charge in [-0.2, -0.15) is 0 Å². The fraction of sp³-hybridized carbons (Fsp3) is 0.583. The van der Waals surface area contributed by atoms with Crippen molar-refractivity contribution in [1.29, 1.82) is 0 Å². The Hall–Kier alpha value is -2.34. The van der Waals surface area contributed by atoms with Crippen LogP contribution in [0.5, 0.6) is 0 Å². The third-order valence-electron chi connectivity index (χ3n) is 5.99. The minimum atomic E-state index is 0.529. The predicted octanol–water partition coefficient (Wildman–Crippen LogP) is 3.50. The van der Waals surface area contributed by atoms with Crippen molar-refractivity contribution in [2.45, 2.75) is 58.7 Å². The first-order valence-electron chi connectivity index (χ1n) is 11.4. The van der Waals surface area contributed by atoms with Gasteiger partial charge in [-0.15, -0.1) is 0 Å². The average Bonchev–Trinajstić information content (AvgIpc) is 3.02. The lowest BCUT2D eigenvalue weighted by atomic mass is 10.0. The average molecular weight is 411 g/mol. The van der Waals surface area contributed by atoms with Crippen LogP contribution in [0.3, 0.4) is 0 Å². The van der Waals surface area contributed by atoms with Gasteiger partial charge >= 0.3 is 0 Å². The minimum absolute atomic E-state index is 0.529. The van der Waals surface area contributed by atoms with Gasteiger partial charge in [-0.25, -0.2) is 4.98 Å². The molecule has 1 aliphatic heterocycles. The molecule has 1 fully saturated rings. The Morgan fingerprint density at radius 3 is 2.47 bits per heavy atom. The van der Waals surface area contributed by atoms with Crippen molar-refractivity contribution in [2.24, 2.45) is 10.9 Å². The molecule has 6 nitrogen and oxygen atoms in total.